The third-order valence-electron chi connectivity index (χ3n) is 4.14. The molecule has 0 unspecified atom stereocenters. The molecule has 19 heavy (non-hydrogen) atoms. The van der Waals surface area contributed by atoms with Crippen molar-refractivity contribution >= 4 is 18.4 Å². The van der Waals surface area contributed by atoms with Gasteiger partial charge >= 0.3 is 7.12 Å². The van der Waals surface area contributed by atoms with Gasteiger partial charge in [-0.25, -0.2) is 4.98 Å². The molecule has 0 bridgehead atoms. The summed E-state index contributed by atoms with van der Waals surface area (Å²) in [6, 6.07) is 2.04. The number of hydrogen-bond acceptors (Lipinski definition) is 4. The van der Waals surface area contributed by atoms with Gasteiger partial charge in [-0.2, -0.15) is 0 Å². The SMILES string of the molecule is CC(C)c1cnc(N)c(B2OC(C)(C)C(C)(C)O2)c1. The van der Waals surface area contributed by atoms with E-state index in [9.17, 15) is 0 Å². The van der Waals surface area contributed by atoms with E-state index in [2.05, 4.69) is 18.8 Å². The van der Waals surface area contributed by atoms with E-state index in [4.69, 9.17) is 15.0 Å². The molecule has 0 atom stereocenters. The fourth-order valence-electron chi connectivity index (χ4n) is 1.98. The van der Waals surface area contributed by atoms with Gasteiger partial charge in [0.05, 0.1) is 11.2 Å². The molecule has 4 nitrogen and oxygen atoms in total. The van der Waals surface area contributed by atoms with Gasteiger partial charge in [-0.3, -0.25) is 0 Å². The molecule has 0 aliphatic carbocycles. The Morgan fingerprint density at radius 2 is 1.68 bits per heavy atom. The molecule has 1 aliphatic rings. The van der Waals surface area contributed by atoms with Crippen LogP contribution < -0.4 is 11.2 Å². The zero-order chi connectivity index (χ0) is 14.4. The fraction of sp³-hybridized carbons (Fsp3) is 0.643. The summed E-state index contributed by atoms with van der Waals surface area (Å²) in [6.07, 6.45) is 1.81. The van der Waals surface area contributed by atoms with Gasteiger partial charge in [-0.15, -0.1) is 0 Å². The van der Waals surface area contributed by atoms with Crippen LogP contribution in [0.5, 0.6) is 0 Å². The summed E-state index contributed by atoms with van der Waals surface area (Å²) in [4.78, 5) is 4.26. The van der Waals surface area contributed by atoms with Crippen molar-refractivity contribution in [1.82, 2.24) is 4.98 Å². The standard InChI is InChI=1S/C14H23BN2O2/c1-9(2)10-7-11(12(16)17-8-10)15-18-13(3,4)14(5,6)19-15/h7-9H,1-6H3,(H2,16,17). The van der Waals surface area contributed by atoms with Crippen LogP contribution in [0.4, 0.5) is 5.82 Å². The Morgan fingerprint density at radius 1 is 1.16 bits per heavy atom. The van der Waals surface area contributed by atoms with Gasteiger partial charge < -0.3 is 15.0 Å². The van der Waals surface area contributed by atoms with E-state index in [1.807, 2.05) is 40.0 Å². The Bertz CT molecular complexity index is 470. The van der Waals surface area contributed by atoms with Crippen LogP contribution in [0.3, 0.4) is 0 Å². The first-order valence-electron chi connectivity index (χ1n) is 6.75. The van der Waals surface area contributed by atoms with Gasteiger partial charge in [0.1, 0.15) is 5.82 Å². The zero-order valence-electron chi connectivity index (χ0n) is 12.7. The Balaban J connectivity index is 2.36. The van der Waals surface area contributed by atoms with Crippen molar-refractivity contribution < 1.29 is 9.31 Å². The van der Waals surface area contributed by atoms with Gasteiger partial charge in [0.2, 0.25) is 0 Å². The lowest BCUT2D eigenvalue weighted by Crippen LogP contribution is -2.41. The van der Waals surface area contributed by atoms with Gasteiger partial charge in [-0.05, 0) is 39.2 Å². The van der Waals surface area contributed by atoms with Gasteiger partial charge in [0.25, 0.3) is 0 Å². The van der Waals surface area contributed by atoms with E-state index in [-0.39, 0.29) is 11.2 Å². The first-order chi connectivity index (χ1) is 8.64. The van der Waals surface area contributed by atoms with Crippen molar-refractivity contribution in [3.8, 4) is 0 Å². The summed E-state index contributed by atoms with van der Waals surface area (Å²) in [5, 5.41) is 0. The molecule has 0 aromatic carbocycles. The highest BCUT2D eigenvalue weighted by Gasteiger charge is 2.52. The lowest BCUT2D eigenvalue weighted by atomic mass is 9.78. The van der Waals surface area contributed by atoms with Gasteiger partial charge in [0, 0.05) is 11.7 Å². The first kappa shape index (κ1) is 14.3. The molecular formula is C14H23BN2O2. The number of nitrogens with two attached hydrogens (primary N) is 1. The van der Waals surface area contributed by atoms with E-state index < -0.39 is 7.12 Å². The Kier molecular flexibility index (Phi) is 3.39. The maximum atomic E-state index is 6.02. The van der Waals surface area contributed by atoms with Crippen molar-refractivity contribution in [3.05, 3.63) is 17.8 Å². The van der Waals surface area contributed by atoms with Crippen molar-refractivity contribution in [2.75, 3.05) is 5.73 Å². The van der Waals surface area contributed by atoms with E-state index in [0.29, 0.717) is 11.7 Å². The molecule has 2 rings (SSSR count). The second-order valence-corrected chi connectivity index (χ2v) is 6.49. The molecule has 2 heterocycles. The Morgan fingerprint density at radius 3 is 2.16 bits per heavy atom. The van der Waals surface area contributed by atoms with E-state index in [1.54, 1.807) is 0 Å². The quantitative estimate of drug-likeness (QED) is 0.829. The molecule has 1 fully saturated rings. The molecular weight excluding hydrogens is 239 g/mol. The average molecular weight is 262 g/mol. The van der Waals surface area contributed by atoms with E-state index in [1.165, 1.54) is 0 Å². The van der Waals surface area contributed by atoms with E-state index >= 15 is 0 Å². The second-order valence-electron chi connectivity index (χ2n) is 6.49. The Hall–Kier alpha value is -1.07. The molecule has 1 aliphatic heterocycles. The number of rotatable bonds is 2. The average Bonchev–Trinajstić information content (AvgIpc) is 2.48. The highest BCUT2D eigenvalue weighted by molar-refractivity contribution is 6.63. The highest BCUT2D eigenvalue weighted by atomic mass is 16.7. The summed E-state index contributed by atoms with van der Waals surface area (Å²) < 4.78 is 12.0. The molecule has 1 aromatic heterocycles. The predicted molar refractivity (Wildman–Crippen MR) is 78.5 cm³/mol. The Labute approximate surface area is 115 Å². The van der Waals surface area contributed by atoms with Gasteiger partial charge in [-0.1, -0.05) is 19.9 Å². The normalized spacial score (nSPS) is 21.1. The van der Waals surface area contributed by atoms with Gasteiger partial charge in [0.15, 0.2) is 0 Å². The summed E-state index contributed by atoms with van der Waals surface area (Å²) in [5.74, 6) is 0.872. The van der Waals surface area contributed by atoms with Crippen LogP contribution in [0.2, 0.25) is 0 Å². The number of hydrogen-bond donors (Lipinski definition) is 1. The molecule has 0 spiro atoms. The predicted octanol–water partition coefficient (Wildman–Crippen LogP) is 2.09. The number of anilines is 1. The summed E-state index contributed by atoms with van der Waals surface area (Å²) >= 11 is 0. The minimum absolute atomic E-state index is 0.363. The first-order valence-corrected chi connectivity index (χ1v) is 6.75. The third kappa shape index (κ3) is 2.49. The lowest BCUT2D eigenvalue weighted by molar-refractivity contribution is 0.00578. The van der Waals surface area contributed by atoms with E-state index in [0.717, 1.165) is 11.0 Å². The largest absolute Gasteiger partial charge is 0.498 e. The van der Waals surface area contributed by atoms with Crippen LogP contribution in [0, 0.1) is 0 Å². The second kappa shape index (κ2) is 4.49. The highest BCUT2D eigenvalue weighted by Crippen LogP contribution is 2.36. The number of aromatic nitrogens is 1. The molecule has 5 heteroatoms. The minimum atomic E-state index is -0.448. The molecule has 0 amide bonds. The third-order valence-corrected chi connectivity index (χ3v) is 4.14. The molecule has 2 N–H and O–H groups in total. The minimum Gasteiger partial charge on any atom is -0.399 e. The summed E-state index contributed by atoms with van der Waals surface area (Å²) in [6.45, 7) is 12.4. The van der Waals surface area contributed by atoms with Crippen LogP contribution >= 0.6 is 0 Å². The number of pyridine rings is 1. The smallest absolute Gasteiger partial charge is 0.399 e. The molecule has 0 saturated carbocycles. The number of nitrogens with zero attached hydrogens (tertiary/aromatic N) is 1. The van der Waals surface area contributed by atoms with Crippen molar-refractivity contribution in [2.24, 2.45) is 0 Å². The topological polar surface area (TPSA) is 57.4 Å². The monoisotopic (exact) mass is 262 g/mol. The van der Waals surface area contributed by atoms with Crippen molar-refractivity contribution in [2.45, 2.75) is 58.7 Å². The summed E-state index contributed by atoms with van der Waals surface area (Å²) in [5.41, 5.74) is 7.21. The van der Waals surface area contributed by atoms with Crippen LogP contribution in [0.1, 0.15) is 53.0 Å². The molecule has 1 saturated heterocycles. The van der Waals surface area contributed by atoms with Crippen LogP contribution in [-0.4, -0.2) is 23.3 Å². The summed E-state index contributed by atoms with van der Waals surface area (Å²) in [7, 11) is -0.448. The van der Waals surface area contributed by atoms with Crippen LogP contribution in [-0.2, 0) is 9.31 Å². The molecule has 104 valence electrons. The maximum Gasteiger partial charge on any atom is 0.498 e. The number of nitrogen functional groups attached to an aromatic ring is 1. The zero-order valence-corrected chi connectivity index (χ0v) is 12.7. The van der Waals surface area contributed by atoms with Crippen molar-refractivity contribution in [1.29, 1.82) is 0 Å². The van der Waals surface area contributed by atoms with Crippen LogP contribution in [0.25, 0.3) is 0 Å². The van der Waals surface area contributed by atoms with Crippen molar-refractivity contribution in [3.63, 3.8) is 0 Å². The molecule has 1 aromatic rings. The maximum absolute atomic E-state index is 6.02. The van der Waals surface area contributed by atoms with Crippen LogP contribution in [0.15, 0.2) is 12.3 Å². The lowest BCUT2D eigenvalue weighted by Gasteiger charge is -2.32. The molecule has 0 radical (unpaired) electrons. The fourth-order valence-corrected chi connectivity index (χ4v) is 1.98.